The molecule has 156 valence electrons. The summed E-state index contributed by atoms with van der Waals surface area (Å²) in [6.07, 6.45) is 1.73. The SMILES string of the molecule is CCOc1ccc(C(=O)N2CCCC(c3nc(-c4ccc(F)cc4)no3)C2)cc1C. The van der Waals surface area contributed by atoms with Gasteiger partial charge in [-0.3, -0.25) is 4.79 Å². The number of likely N-dealkylation sites (tertiary alicyclic amines) is 1. The number of aromatic nitrogens is 2. The van der Waals surface area contributed by atoms with E-state index in [9.17, 15) is 9.18 Å². The van der Waals surface area contributed by atoms with Crippen molar-refractivity contribution >= 4 is 5.91 Å². The van der Waals surface area contributed by atoms with Crippen LogP contribution in [0.5, 0.6) is 5.75 Å². The van der Waals surface area contributed by atoms with Crippen molar-refractivity contribution < 1.29 is 18.4 Å². The van der Waals surface area contributed by atoms with Gasteiger partial charge in [-0.25, -0.2) is 4.39 Å². The molecule has 1 atom stereocenters. The summed E-state index contributed by atoms with van der Waals surface area (Å²) in [4.78, 5) is 19.4. The first-order valence-corrected chi connectivity index (χ1v) is 10.2. The molecular formula is C23H24FN3O3. The van der Waals surface area contributed by atoms with Crippen LogP contribution in [-0.2, 0) is 0 Å². The van der Waals surface area contributed by atoms with Gasteiger partial charge in [-0.15, -0.1) is 0 Å². The van der Waals surface area contributed by atoms with Crippen molar-refractivity contribution in [2.75, 3.05) is 19.7 Å². The lowest BCUT2D eigenvalue weighted by Crippen LogP contribution is -2.39. The maximum Gasteiger partial charge on any atom is 0.253 e. The van der Waals surface area contributed by atoms with Gasteiger partial charge in [0.05, 0.1) is 12.5 Å². The smallest absolute Gasteiger partial charge is 0.253 e. The Hall–Kier alpha value is -3.22. The van der Waals surface area contributed by atoms with Crippen LogP contribution in [0.1, 0.15) is 47.5 Å². The van der Waals surface area contributed by atoms with E-state index >= 15 is 0 Å². The first-order chi connectivity index (χ1) is 14.5. The molecule has 1 fully saturated rings. The van der Waals surface area contributed by atoms with Crippen molar-refractivity contribution in [3.05, 3.63) is 65.3 Å². The minimum atomic E-state index is -0.312. The Bertz CT molecular complexity index is 1030. The molecule has 1 unspecified atom stereocenters. The van der Waals surface area contributed by atoms with Gasteiger partial charge in [-0.1, -0.05) is 5.16 Å². The molecule has 2 aromatic carbocycles. The van der Waals surface area contributed by atoms with Gasteiger partial charge in [0.2, 0.25) is 11.7 Å². The number of carbonyl (C=O) groups excluding carboxylic acids is 1. The highest BCUT2D eigenvalue weighted by Gasteiger charge is 2.29. The standard InChI is InChI=1S/C23H24FN3O3/c1-3-29-20-11-8-17(13-15(20)2)23(28)27-12-4-5-18(14-27)22-25-21(26-30-22)16-6-9-19(24)10-7-16/h6-11,13,18H,3-5,12,14H2,1-2H3. The Morgan fingerprint density at radius 1 is 1.27 bits per heavy atom. The van der Waals surface area contributed by atoms with Gasteiger partial charge in [-0.2, -0.15) is 4.98 Å². The lowest BCUT2D eigenvalue weighted by atomic mass is 9.97. The summed E-state index contributed by atoms with van der Waals surface area (Å²) in [6, 6.07) is 11.5. The largest absolute Gasteiger partial charge is 0.494 e. The topological polar surface area (TPSA) is 68.5 Å². The highest BCUT2D eigenvalue weighted by Crippen LogP contribution is 2.29. The molecule has 1 saturated heterocycles. The van der Waals surface area contributed by atoms with E-state index in [4.69, 9.17) is 9.26 Å². The Balaban J connectivity index is 1.47. The van der Waals surface area contributed by atoms with Gasteiger partial charge in [0.25, 0.3) is 5.91 Å². The van der Waals surface area contributed by atoms with Crippen LogP contribution < -0.4 is 4.74 Å². The number of carbonyl (C=O) groups is 1. The van der Waals surface area contributed by atoms with Crippen molar-refractivity contribution in [3.63, 3.8) is 0 Å². The molecule has 0 N–H and O–H groups in total. The van der Waals surface area contributed by atoms with Crippen LogP contribution in [-0.4, -0.2) is 40.6 Å². The number of nitrogens with zero attached hydrogens (tertiary/aromatic N) is 3. The quantitative estimate of drug-likeness (QED) is 0.616. The highest BCUT2D eigenvalue weighted by atomic mass is 19.1. The molecule has 7 heteroatoms. The summed E-state index contributed by atoms with van der Waals surface area (Å²) in [5.41, 5.74) is 2.28. The molecule has 2 heterocycles. The second kappa shape index (κ2) is 8.65. The van der Waals surface area contributed by atoms with Gasteiger partial charge >= 0.3 is 0 Å². The van der Waals surface area contributed by atoms with E-state index in [0.717, 1.165) is 24.2 Å². The number of rotatable bonds is 5. The van der Waals surface area contributed by atoms with Crippen molar-refractivity contribution in [3.8, 4) is 17.1 Å². The second-order valence-electron chi connectivity index (χ2n) is 7.47. The Labute approximate surface area is 174 Å². The molecule has 0 saturated carbocycles. The normalized spacial score (nSPS) is 16.5. The Morgan fingerprint density at radius 3 is 2.80 bits per heavy atom. The van der Waals surface area contributed by atoms with Crippen molar-refractivity contribution in [1.82, 2.24) is 15.0 Å². The minimum absolute atomic E-state index is 0.0101. The van der Waals surface area contributed by atoms with E-state index in [1.54, 1.807) is 12.1 Å². The number of benzene rings is 2. The lowest BCUT2D eigenvalue weighted by molar-refractivity contribution is 0.0695. The number of hydrogen-bond donors (Lipinski definition) is 0. The van der Waals surface area contributed by atoms with Gasteiger partial charge < -0.3 is 14.2 Å². The van der Waals surface area contributed by atoms with Crippen molar-refractivity contribution in [2.45, 2.75) is 32.6 Å². The van der Waals surface area contributed by atoms with Gasteiger partial charge in [-0.05, 0) is 74.7 Å². The van der Waals surface area contributed by atoms with Crippen LogP contribution >= 0.6 is 0 Å². The molecule has 1 amide bonds. The van der Waals surface area contributed by atoms with Gasteiger partial charge in [0, 0.05) is 24.2 Å². The fourth-order valence-electron chi connectivity index (χ4n) is 3.76. The number of amides is 1. The van der Waals surface area contributed by atoms with Crippen LogP contribution in [0.4, 0.5) is 4.39 Å². The molecule has 4 rings (SSSR count). The van der Waals surface area contributed by atoms with Gasteiger partial charge in [0.15, 0.2) is 0 Å². The third-order valence-electron chi connectivity index (χ3n) is 5.32. The summed E-state index contributed by atoms with van der Waals surface area (Å²) in [5, 5.41) is 4.03. The Kier molecular flexibility index (Phi) is 5.79. The molecule has 0 aliphatic carbocycles. The lowest BCUT2D eigenvalue weighted by Gasteiger charge is -2.31. The molecule has 30 heavy (non-hydrogen) atoms. The third-order valence-corrected chi connectivity index (χ3v) is 5.32. The molecule has 3 aromatic rings. The summed E-state index contributed by atoms with van der Waals surface area (Å²) < 4.78 is 24.2. The third kappa shape index (κ3) is 4.20. The summed E-state index contributed by atoms with van der Waals surface area (Å²) in [5.74, 6) is 1.39. The van der Waals surface area contributed by atoms with Crippen molar-refractivity contribution in [1.29, 1.82) is 0 Å². The molecule has 0 spiro atoms. The monoisotopic (exact) mass is 409 g/mol. The van der Waals surface area contributed by atoms with E-state index in [-0.39, 0.29) is 17.6 Å². The number of halogens is 1. The maximum absolute atomic E-state index is 13.1. The van der Waals surface area contributed by atoms with E-state index in [2.05, 4.69) is 10.1 Å². The first-order valence-electron chi connectivity index (χ1n) is 10.2. The van der Waals surface area contributed by atoms with E-state index in [1.165, 1.54) is 12.1 Å². The number of ether oxygens (including phenoxy) is 1. The second-order valence-corrected chi connectivity index (χ2v) is 7.47. The van der Waals surface area contributed by atoms with Crippen LogP contribution in [0.25, 0.3) is 11.4 Å². The average Bonchev–Trinajstić information content (AvgIpc) is 3.26. The molecule has 1 aromatic heterocycles. The van der Waals surface area contributed by atoms with Crippen LogP contribution in [0, 0.1) is 12.7 Å². The first kappa shape index (κ1) is 20.1. The van der Waals surface area contributed by atoms with Gasteiger partial charge in [0.1, 0.15) is 11.6 Å². The minimum Gasteiger partial charge on any atom is -0.494 e. The molecule has 0 radical (unpaired) electrons. The number of hydrogen-bond acceptors (Lipinski definition) is 5. The summed E-state index contributed by atoms with van der Waals surface area (Å²) >= 11 is 0. The van der Waals surface area contributed by atoms with E-state index in [1.807, 2.05) is 36.9 Å². The predicted molar refractivity (Wildman–Crippen MR) is 110 cm³/mol. The summed E-state index contributed by atoms with van der Waals surface area (Å²) in [6.45, 7) is 5.68. The maximum atomic E-state index is 13.1. The molecule has 6 nitrogen and oxygen atoms in total. The number of piperidine rings is 1. The fourth-order valence-corrected chi connectivity index (χ4v) is 3.76. The average molecular weight is 409 g/mol. The van der Waals surface area contributed by atoms with Crippen LogP contribution in [0.2, 0.25) is 0 Å². The molecule has 0 bridgehead atoms. The molecule has 1 aliphatic rings. The van der Waals surface area contributed by atoms with Crippen molar-refractivity contribution in [2.24, 2.45) is 0 Å². The van der Waals surface area contributed by atoms with Crippen LogP contribution in [0.15, 0.2) is 47.0 Å². The number of aryl methyl sites for hydroxylation is 1. The van der Waals surface area contributed by atoms with Crippen LogP contribution in [0.3, 0.4) is 0 Å². The highest BCUT2D eigenvalue weighted by molar-refractivity contribution is 5.94. The summed E-state index contributed by atoms with van der Waals surface area (Å²) in [7, 11) is 0. The molecular weight excluding hydrogens is 385 g/mol. The zero-order valence-electron chi connectivity index (χ0n) is 17.1. The Morgan fingerprint density at radius 2 is 2.07 bits per heavy atom. The fraction of sp³-hybridized carbons (Fsp3) is 0.348. The predicted octanol–water partition coefficient (Wildman–Crippen LogP) is 4.60. The zero-order chi connectivity index (χ0) is 21.1. The van der Waals surface area contributed by atoms with E-state index < -0.39 is 0 Å². The zero-order valence-corrected chi connectivity index (χ0v) is 17.1. The van der Waals surface area contributed by atoms with E-state index in [0.29, 0.717) is 42.5 Å². The molecule has 1 aliphatic heterocycles.